The monoisotopic (exact) mass is 489 g/mol. The minimum absolute atomic E-state index is 0. The Morgan fingerprint density at radius 1 is 1.28 bits per heavy atom. The van der Waals surface area contributed by atoms with E-state index >= 15 is 0 Å². The fourth-order valence-corrected chi connectivity index (χ4v) is 2.73. The summed E-state index contributed by atoms with van der Waals surface area (Å²) in [6, 6.07) is 7.69. The normalized spacial score (nSPS) is 19.7. The Balaban J connectivity index is 0.00000162. The molecule has 5 heteroatoms. The lowest BCUT2D eigenvalue weighted by atomic mass is 10.0. The lowest BCUT2D eigenvalue weighted by Gasteiger charge is -2.11. The fourth-order valence-electron chi connectivity index (χ4n) is 1.72. The molecule has 0 radical (unpaired) electrons. The van der Waals surface area contributed by atoms with E-state index < -0.39 is 0 Å². The molecule has 0 saturated heterocycles. The van der Waals surface area contributed by atoms with Crippen molar-refractivity contribution >= 4 is 40.1 Å². The van der Waals surface area contributed by atoms with Crippen LogP contribution < -0.4 is 24.0 Å². The van der Waals surface area contributed by atoms with Crippen LogP contribution >= 0.6 is 34.2 Å². The maximum Gasteiger partial charge on any atom is 0.375 e. The Kier molecular flexibility index (Phi) is 5.49. The van der Waals surface area contributed by atoms with Gasteiger partial charge in [-0.2, -0.15) is 4.58 Å². The number of hydrogen-bond acceptors (Lipinski definition) is 1. The topological polar surface area (TPSA) is 12.2 Å². The van der Waals surface area contributed by atoms with Gasteiger partial charge in [-0.3, -0.25) is 0 Å². The third-order valence-electron chi connectivity index (χ3n) is 3.14. The summed E-state index contributed by atoms with van der Waals surface area (Å²) in [6.07, 6.45) is 0. The van der Waals surface area contributed by atoms with Crippen molar-refractivity contribution in [2.45, 2.75) is 19.4 Å². The maximum absolute atomic E-state index is 5.92. The predicted octanol–water partition coefficient (Wildman–Crippen LogP) is 0.818. The highest BCUT2D eigenvalue weighted by molar-refractivity contribution is 14.1. The molecule has 1 heterocycles. The summed E-state index contributed by atoms with van der Waals surface area (Å²) in [6.45, 7) is 4.28. The average Bonchev–Trinajstić information content (AvgIpc) is 2.52. The zero-order valence-electron chi connectivity index (χ0n) is 10.4. The SMILES string of the molecule is C[N+]1=C(c2ccc(Cl)cc2)OC(=CI)C1(C)C.[I-]. The zero-order chi connectivity index (χ0) is 12.6. The van der Waals surface area contributed by atoms with E-state index in [1.807, 2.05) is 35.4 Å². The molecule has 0 saturated carbocycles. The Hall–Kier alpha value is 0.180. The predicted molar refractivity (Wildman–Crippen MR) is 79.0 cm³/mol. The Morgan fingerprint density at radius 2 is 1.83 bits per heavy atom. The van der Waals surface area contributed by atoms with E-state index in [0.717, 1.165) is 22.2 Å². The molecule has 1 aliphatic rings. The van der Waals surface area contributed by atoms with Crippen molar-refractivity contribution in [2.24, 2.45) is 0 Å². The summed E-state index contributed by atoms with van der Waals surface area (Å²) >= 11 is 8.10. The summed E-state index contributed by atoms with van der Waals surface area (Å²) < 4.78 is 10.0. The van der Waals surface area contributed by atoms with Crippen molar-refractivity contribution in [3.63, 3.8) is 0 Å². The highest BCUT2D eigenvalue weighted by atomic mass is 127. The Morgan fingerprint density at radius 3 is 2.28 bits per heavy atom. The molecule has 18 heavy (non-hydrogen) atoms. The first-order chi connectivity index (χ1) is 7.96. The van der Waals surface area contributed by atoms with Gasteiger partial charge < -0.3 is 28.7 Å². The summed E-state index contributed by atoms with van der Waals surface area (Å²) in [4.78, 5) is 0. The van der Waals surface area contributed by atoms with Crippen LogP contribution in [0.1, 0.15) is 19.4 Å². The molecule has 0 bridgehead atoms. The molecule has 1 aromatic carbocycles. The van der Waals surface area contributed by atoms with Crippen LogP contribution in [-0.4, -0.2) is 23.1 Å². The van der Waals surface area contributed by atoms with E-state index in [4.69, 9.17) is 16.3 Å². The van der Waals surface area contributed by atoms with E-state index in [-0.39, 0.29) is 29.5 Å². The van der Waals surface area contributed by atoms with Crippen molar-refractivity contribution in [3.05, 3.63) is 44.7 Å². The minimum atomic E-state index is -0.115. The van der Waals surface area contributed by atoms with Gasteiger partial charge in [0.1, 0.15) is 7.05 Å². The number of ether oxygens (including phenoxy) is 1. The smallest absolute Gasteiger partial charge is 0.375 e. The van der Waals surface area contributed by atoms with Gasteiger partial charge >= 0.3 is 5.90 Å². The van der Waals surface area contributed by atoms with E-state index in [9.17, 15) is 0 Å². The first kappa shape index (κ1) is 16.2. The first-order valence-electron chi connectivity index (χ1n) is 5.32. The van der Waals surface area contributed by atoms with Crippen molar-refractivity contribution in [2.75, 3.05) is 7.05 Å². The first-order valence-corrected chi connectivity index (χ1v) is 6.94. The number of hydrogen-bond donors (Lipinski definition) is 0. The van der Waals surface area contributed by atoms with Gasteiger partial charge in [-0.05, 0) is 46.9 Å². The molecule has 2 rings (SSSR count). The molecule has 1 aromatic rings. The van der Waals surface area contributed by atoms with Crippen LogP contribution in [0.5, 0.6) is 0 Å². The van der Waals surface area contributed by atoms with Gasteiger partial charge in [-0.1, -0.05) is 11.6 Å². The molecule has 0 fully saturated rings. The van der Waals surface area contributed by atoms with Gasteiger partial charge in [-0.15, -0.1) is 0 Å². The van der Waals surface area contributed by atoms with E-state index in [1.54, 1.807) is 0 Å². The number of nitrogens with zero attached hydrogens (tertiary/aromatic N) is 1. The van der Waals surface area contributed by atoms with Crippen LogP contribution in [0.4, 0.5) is 0 Å². The van der Waals surface area contributed by atoms with Crippen LogP contribution in [0.25, 0.3) is 0 Å². The second-order valence-corrected chi connectivity index (χ2v) is 5.56. The van der Waals surface area contributed by atoms with Crippen LogP contribution in [0.15, 0.2) is 34.1 Å². The fraction of sp³-hybridized carbons (Fsp3) is 0.308. The lowest BCUT2D eigenvalue weighted by molar-refractivity contribution is -0.556. The Bertz CT molecular complexity index is 506. The quantitative estimate of drug-likeness (QED) is 0.421. The molecule has 98 valence electrons. The molecule has 0 unspecified atom stereocenters. The van der Waals surface area contributed by atoms with Crippen molar-refractivity contribution in [1.29, 1.82) is 0 Å². The zero-order valence-corrected chi connectivity index (χ0v) is 15.4. The van der Waals surface area contributed by atoms with Gasteiger partial charge in [0, 0.05) is 23.0 Å². The summed E-state index contributed by atoms with van der Waals surface area (Å²) in [5.74, 6) is 1.83. The lowest BCUT2D eigenvalue weighted by Crippen LogP contribution is -3.00. The number of benzene rings is 1. The number of likely N-dealkylation sites (N-methyl/N-ethyl adjacent to an activating group) is 1. The molecule has 2 nitrogen and oxygen atoms in total. The molecule has 0 atom stereocenters. The van der Waals surface area contributed by atoms with Gasteiger partial charge in [0.05, 0.1) is 5.56 Å². The van der Waals surface area contributed by atoms with Crippen LogP contribution in [-0.2, 0) is 4.74 Å². The standard InChI is InChI=1S/C13H14ClINO.HI/c1-13(2)11(8-15)17-12(16(13)3)9-4-6-10(14)7-5-9;/h4-8H,1-3H3;1H/q+1;/p-1. The second-order valence-electron chi connectivity index (χ2n) is 4.51. The average molecular weight is 490 g/mol. The van der Waals surface area contributed by atoms with Crippen LogP contribution in [0.3, 0.4) is 0 Å². The summed E-state index contributed by atoms with van der Waals surface area (Å²) in [5.41, 5.74) is 0.925. The third-order valence-corrected chi connectivity index (χ3v) is 3.96. The second kappa shape index (κ2) is 6.09. The molecule has 0 amide bonds. The van der Waals surface area contributed by atoms with Crippen molar-refractivity contribution < 1.29 is 33.3 Å². The van der Waals surface area contributed by atoms with Crippen molar-refractivity contribution in [3.8, 4) is 0 Å². The molecular formula is C13H14ClI2NO. The Labute approximate surface area is 143 Å². The number of halogens is 3. The van der Waals surface area contributed by atoms with E-state index in [2.05, 4.69) is 41.0 Å². The molecular weight excluding hydrogens is 475 g/mol. The summed E-state index contributed by atoms with van der Waals surface area (Å²) in [7, 11) is 2.04. The maximum atomic E-state index is 5.92. The van der Waals surface area contributed by atoms with Crippen LogP contribution in [0, 0.1) is 0 Å². The van der Waals surface area contributed by atoms with Crippen molar-refractivity contribution in [1.82, 2.24) is 0 Å². The van der Waals surface area contributed by atoms with E-state index in [0.29, 0.717) is 0 Å². The largest absolute Gasteiger partial charge is 1.00 e. The molecule has 0 N–H and O–H groups in total. The van der Waals surface area contributed by atoms with Crippen LogP contribution in [0.2, 0.25) is 5.02 Å². The molecule has 0 aromatic heterocycles. The van der Waals surface area contributed by atoms with Gasteiger partial charge in [0.2, 0.25) is 5.54 Å². The highest BCUT2D eigenvalue weighted by Gasteiger charge is 2.45. The molecule has 0 aliphatic carbocycles. The number of rotatable bonds is 1. The third kappa shape index (κ3) is 2.85. The van der Waals surface area contributed by atoms with Gasteiger partial charge in [0.15, 0.2) is 5.76 Å². The highest BCUT2D eigenvalue weighted by Crippen LogP contribution is 2.30. The minimum Gasteiger partial charge on any atom is -1.00 e. The summed E-state index contributed by atoms with van der Waals surface area (Å²) in [5, 5.41) is 0.735. The van der Waals surface area contributed by atoms with E-state index in [1.165, 1.54) is 0 Å². The molecule has 0 spiro atoms. The van der Waals surface area contributed by atoms with Gasteiger partial charge in [0.25, 0.3) is 0 Å². The molecule has 1 aliphatic heterocycles. The van der Waals surface area contributed by atoms with Gasteiger partial charge in [-0.25, -0.2) is 0 Å².